The van der Waals surface area contributed by atoms with Crippen LogP contribution in [-0.2, 0) is 11.8 Å². The van der Waals surface area contributed by atoms with Gasteiger partial charge in [-0.3, -0.25) is 14.5 Å². The van der Waals surface area contributed by atoms with Crippen molar-refractivity contribution in [2.75, 3.05) is 30.7 Å². The summed E-state index contributed by atoms with van der Waals surface area (Å²) in [5.74, 6) is 0.701. The van der Waals surface area contributed by atoms with Crippen molar-refractivity contribution in [3.05, 3.63) is 54.0 Å². The van der Waals surface area contributed by atoms with Crippen LogP contribution in [0.5, 0.6) is 0 Å². The van der Waals surface area contributed by atoms with Crippen LogP contribution in [0.25, 0.3) is 0 Å². The first-order valence-electron chi connectivity index (χ1n) is 10.4. The third-order valence-electron chi connectivity index (χ3n) is 5.25. The summed E-state index contributed by atoms with van der Waals surface area (Å²) >= 11 is 1.25. The van der Waals surface area contributed by atoms with Crippen LogP contribution in [0, 0.1) is 0 Å². The normalized spacial score (nSPS) is 14.9. The number of carbonyl (C=O) groups excluding carboxylic acids is 2. The predicted molar refractivity (Wildman–Crippen MR) is 119 cm³/mol. The van der Waals surface area contributed by atoms with Crippen LogP contribution < -0.4 is 10.6 Å². The summed E-state index contributed by atoms with van der Waals surface area (Å²) in [6.07, 6.45) is 3.98. The second-order valence-electron chi connectivity index (χ2n) is 7.48. The summed E-state index contributed by atoms with van der Waals surface area (Å²) in [4.78, 5) is 27.2. The molecule has 3 aromatic rings. The molecule has 10 nitrogen and oxygen atoms in total. The van der Waals surface area contributed by atoms with Crippen molar-refractivity contribution < 1.29 is 14.0 Å². The fourth-order valence-electron chi connectivity index (χ4n) is 3.61. The zero-order chi connectivity index (χ0) is 22.3. The van der Waals surface area contributed by atoms with Gasteiger partial charge in [-0.25, -0.2) is 4.68 Å². The van der Waals surface area contributed by atoms with E-state index in [2.05, 4.69) is 31.1 Å². The maximum Gasteiger partial charge on any atom is 0.251 e. The third kappa shape index (κ3) is 5.54. The van der Waals surface area contributed by atoms with E-state index in [0.29, 0.717) is 23.0 Å². The van der Waals surface area contributed by atoms with E-state index in [4.69, 9.17) is 4.42 Å². The number of hydrogen-bond acceptors (Lipinski definition) is 8. The number of aromatic nitrogens is 4. The van der Waals surface area contributed by atoms with E-state index in [-0.39, 0.29) is 23.6 Å². The molecule has 0 bridgehead atoms. The van der Waals surface area contributed by atoms with Gasteiger partial charge >= 0.3 is 0 Å². The second-order valence-corrected chi connectivity index (χ2v) is 8.43. The number of tetrazole rings is 1. The van der Waals surface area contributed by atoms with Gasteiger partial charge in [0.05, 0.1) is 18.1 Å². The first kappa shape index (κ1) is 22.0. The molecule has 2 amide bonds. The zero-order valence-corrected chi connectivity index (χ0v) is 18.5. The van der Waals surface area contributed by atoms with Crippen molar-refractivity contribution in [2.45, 2.75) is 24.0 Å². The van der Waals surface area contributed by atoms with Crippen molar-refractivity contribution in [3.8, 4) is 0 Å². The standard InChI is InChI=1S/C21H25N7O3S/c1-27-21(24-25-26-27)32-14-19(29)23-16-8-6-15(7-9-16)20(30)22-13-17(18-5-4-12-31-18)28-10-2-3-11-28/h4-9,12,17H,2-3,10-11,13-14H2,1H3,(H,22,30)(H,23,29)/t17-/m1/s1. The van der Waals surface area contributed by atoms with Gasteiger partial charge in [0.1, 0.15) is 5.76 Å². The number of nitrogens with zero attached hydrogens (tertiary/aromatic N) is 5. The molecule has 0 unspecified atom stereocenters. The number of carbonyl (C=O) groups is 2. The molecule has 1 atom stereocenters. The van der Waals surface area contributed by atoms with Crippen LogP contribution in [0.15, 0.2) is 52.2 Å². The maximum atomic E-state index is 12.7. The lowest BCUT2D eigenvalue weighted by Crippen LogP contribution is -2.36. The van der Waals surface area contributed by atoms with E-state index in [9.17, 15) is 9.59 Å². The van der Waals surface area contributed by atoms with Gasteiger partial charge in [0.2, 0.25) is 11.1 Å². The lowest BCUT2D eigenvalue weighted by molar-refractivity contribution is -0.113. The Kier molecular flexibility index (Phi) is 7.17. The molecule has 0 saturated carbocycles. The Morgan fingerprint density at radius 2 is 1.97 bits per heavy atom. The number of thioether (sulfide) groups is 1. The Morgan fingerprint density at radius 3 is 2.62 bits per heavy atom. The van der Waals surface area contributed by atoms with Crippen LogP contribution in [0.4, 0.5) is 5.69 Å². The lowest BCUT2D eigenvalue weighted by Gasteiger charge is -2.26. The summed E-state index contributed by atoms with van der Waals surface area (Å²) in [5.41, 5.74) is 1.15. The van der Waals surface area contributed by atoms with Gasteiger partial charge in [0.25, 0.3) is 5.91 Å². The van der Waals surface area contributed by atoms with Gasteiger partial charge in [0, 0.05) is 24.8 Å². The van der Waals surface area contributed by atoms with Crippen LogP contribution in [0.1, 0.15) is 35.0 Å². The fourth-order valence-corrected chi connectivity index (χ4v) is 4.26. The zero-order valence-electron chi connectivity index (χ0n) is 17.7. The third-order valence-corrected chi connectivity index (χ3v) is 6.26. The Bertz CT molecular complexity index is 1030. The summed E-state index contributed by atoms with van der Waals surface area (Å²) < 4.78 is 7.11. The molecular formula is C21H25N7O3S. The minimum Gasteiger partial charge on any atom is -0.468 e. The summed E-state index contributed by atoms with van der Waals surface area (Å²) in [6, 6.07) is 10.7. The Morgan fingerprint density at radius 1 is 1.19 bits per heavy atom. The van der Waals surface area contributed by atoms with E-state index in [0.717, 1.165) is 31.7 Å². The average Bonchev–Trinajstić information content (AvgIpc) is 3.57. The molecule has 0 spiro atoms. The monoisotopic (exact) mass is 455 g/mol. The first-order valence-corrected chi connectivity index (χ1v) is 11.4. The van der Waals surface area contributed by atoms with E-state index in [1.807, 2.05) is 12.1 Å². The molecule has 1 aliphatic rings. The molecule has 4 rings (SSSR count). The van der Waals surface area contributed by atoms with E-state index in [1.165, 1.54) is 16.4 Å². The SMILES string of the molecule is Cn1nnnc1SCC(=O)Nc1ccc(C(=O)NC[C@H](c2ccco2)N2CCCC2)cc1. The number of furan rings is 1. The summed E-state index contributed by atoms with van der Waals surface area (Å²) in [5, 5.41) is 17.5. The highest BCUT2D eigenvalue weighted by Gasteiger charge is 2.26. The number of likely N-dealkylation sites (tertiary alicyclic amines) is 1. The van der Waals surface area contributed by atoms with Crippen molar-refractivity contribution in [1.29, 1.82) is 0 Å². The largest absolute Gasteiger partial charge is 0.468 e. The van der Waals surface area contributed by atoms with E-state index >= 15 is 0 Å². The van der Waals surface area contributed by atoms with Crippen molar-refractivity contribution in [1.82, 2.24) is 30.4 Å². The smallest absolute Gasteiger partial charge is 0.251 e. The Labute approximate surface area is 189 Å². The number of hydrogen-bond donors (Lipinski definition) is 2. The quantitative estimate of drug-likeness (QED) is 0.471. The Balaban J connectivity index is 1.28. The van der Waals surface area contributed by atoms with Gasteiger partial charge in [0.15, 0.2) is 0 Å². The van der Waals surface area contributed by atoms with Crippen molar-refractivity contribution in [3.63, 3.8) is 0 Å². The molecule has 32 heavy (non-hydrogen) atoms. The predicted octanol–water partition coefficient (Wildman–Crippen LogP) is 2.10. The molecule has 11 heteroatoms. The molecule has 2 aromatic heterocycles. The molecule has 1 aliphatic heterocycles. The van der Waals surface area contributed by atoms with Gasteiger partial charge in [-0.2, -0.15) is 0 Å². The van der Waals surface area contributed by atoms with Gasteiger partial charge in [-0.1, -0.05) is 11.8 Å². The first-order chi connectivity index (χ1) is 15.6. The van der Waals surface area contributed by atoms with E-state index in [1.54, 1.807) is 37.6 Å². The molecule has 2 N–H and O–H groups in total. The van der Waals surface area contributed by atoms with E-state index < -0.39 is 0 Å². The van der Waals surface area contributed by atoms with Gasteiger partial charge in [-0.15, -0.1) is 5.10 Å². The topological polar surface area (TPSA) is 118 Å². The summed E-state index contributed by atoms with van der Waals surface area (Å²) in [7, 11) is 1.71. The molecule has 0 radical (unpaired) electrons. The minimum absolute atomic E-state index is 0.0247. The molecule has 1 fully saturated rings. The highest BCUT2D eigenvalue weighted by molar-refractivity contribution is 7.99. The highest BCUT2D eigenvalue weighted by Crippen LogP contribution is 2.25. The van der Waals surface area contributed by atoms with Crippen molar-refractivity contribution in [2.24, 2.45) is 7.05 Å². The Hall–Kier alpha value is -3.18. The maximum absolute atomic E-state index is 12.7. The fraction of sp³-hybridized carbons (Fsp3) is 0.381. The molecule has 1 aromatic carbocycles. The highest BCUT2D eigenvalue weighted by atomic mass is 32.2. The number of anilines is 1. The number of benzene rings is 1. The van der Waals surface area contributed by atoms with Gasteiger partial charge in [-0.05, 0) is 72.8 Å². The number of amides is 2. The van der Waals surface area contributed by atoms with Gasteiger partial charge < -0.3 is 15.1 Å². The molecule has 3 heterocycles. The summed E-state index contributed by atoms with van der Waals surface area (Å²) in [6.45, 7) is 2.47. The van der Waals surface area contributed by atoms with Crippen LogP contribution in [-0.4, -0.2) is 62.3 Å². The second kappa shape index (κ2) is 10.4. The van der Waals surface area contributed by atoms with Crippen LogP contribution in [0.3, 0.4) is 0 Å². The van der Waals surface area contributed by atoms with Crippen LogP contribution >= 0.6 is 11.8 Å². The number of rotatable bonds is 9. The lowest BCUT2D eigenvalue weighted by atomic mass is 10.1. The molecule has 1 saturated heterocycles. The molecular weight excluding hydrogens is 430 g/mol. The van der Waals surface area contributed by atoms with Crippen LogP contribution in [0.2, 0.25) is 0 Å². The molecule has 0 aliphatic carbocycles. The molecule has 168 valence electrons. The minimum atomic E-state index is -0.179. The van der Waals surface area contributed by atoms with Crippen molar-refractivity contribution >= 4 is 29.3 Å². The number of aryl methyl sites for hydroxylation is 1. The average molecular weight is 456 g/mol. The number of nitrogens with one attached hydrogen (secondary N) is 2.